The maximum absolute atomic E-state index is 12.7. The molecule has 0 unspecified atom stereocenters. The number of rotatable bonds is 3. The Morgan fingerprint density at radius 2 is 1.92 bits per heavy atom. The number of hydrogen-bond donors (Lipinski definition) is 1. The highest BCUT2D eigenvalue weighted by atomic mass is 35.5. The summed E-state index contributed by atoms with van der Waals surface area (Å²) in [7, 11) is 3.29. The molecule has 0 aliphatic carbocycles. The van der Waals surface area contributed by atoms with E-state index in [0.717, 1.165) is 12.8 Å². The van der Waals surface area contributed by atoms with Crippen LogP contribution in [0.15, 0.2) is 12.1 Å². The van der Waals surface area contributed by atoms with Crippen molar-refractivity contribution in [1.82, 2.24) is 9.80 Å². The Morgan fingerprint density at radius 1 is 1.33 bits per heavy atom. The zero-order chi connectivity index (χ0) is 17.1. The van der Waals surface area contributed by atoms with Gasteiger partial charge in [0.05, 0.1) is 23.4 Å². The van der Waals surface area contributed by atoms with Crippen LogP contribution in [0.1, 0.15) is 30.1 Å². The fraction of sp³-hybridized carbons (Fsp3) is 0.500. The molecule has 8 heteroatoms. The van der Waals surface area contributed by atoms with E-state index in [4.69, 9.17) is 22.1 Å². The van der Waals surface area contributed by atoms with Gasteiger partial charge in [0.2, 0.25) is 5.91 Å². The van der Waals surface area contributed by atoms with Crippen molar-refractivity contribution in [2.24, 2.45) is 0 Å². The number of benzene rings is 1. The first-order chi connectivity index (χ1) is 10.8. The molecule has 1 aliphatic rings. The van der Waals surface area contributed by atoms with Crippen LogP contribution in [0.5, 0.6) is 5.75 Å². The van der Waals surface area contributed by atoms with Crippen LogP contribution in [0.4, 0.5) is 5.69 Å². The molecule has 0 aromatic heterocycles. The fourth-order valence-corrected chi connectivity index (χ4v) is 2.95. The van der Waals surface area contributed by atoms with Crippen LogP contribution in [0.2, 0.25) is 5.02 Å². The summed E-state index contributed by atoms with van der Waals surface area (Å²) < 4.78 is 5.24. The summed E-state index contributed by atoms with van der Waals surface area (Å²) in [6.07, 6.45) is 1.51. The summed E-state index contributed by atoms with van der Waals surface area (Å²) in [6, 6.07) is 3.28. The minimum atomic E-state index is -0.132. The van der Waals surface area contributed by atoms with Gasteiger partial charge >= 0.3 is 0 Å². The molecule has 2 N–H and O–H groups in total. The van der Waals surface area contributed by atoms with Crippen LogP contribution >= 0.6 is 24.0 Å². The summed E-state index contributed by atoms with van der Waals surface area (Å²) in [5.74, 6) is 0.328. The second-order valence-electron chi connectivity index (χ2n) is 5.73. The van der Waals surface area contributed by atoms with Crippen molar-refractivity contribution < 1.29 is 14.3 Å². The Kier molecular flexibility index (Phi) is 7.17. The summed E-state index contributed by atoms with van der Waals surface area (Å²) in [5, 5.41) is 0.334. The minimum absolute atomic E-state index is 0. The number of amides is 2. The average Bonchev–Trinajstić information content (AvgIpc) is 2.55. The number of nitrogens with two attached hydrogens (primary N) is 1. The summed E-state index contributed by atoms with van der Waals surface area (Å²) >= 11 is 6.03. The maximum atomic E-state index is 12.7. The second kappa shape index (κ2) is 8.44. The van der Waals surface area contributed by atoms with E-state index in [0.29, 0.717) is 35.1 Å². The van der Waals surface area contributed by atoms with Gasteiger partial charge in [-0.15, -0.1) is 12.4 Å². The first-order valence-corrected chi connectivity index (χ1v) is 7.88. The monoisotopic (exact) mass is 375 g/mol. The number of nitrogens with zero attached hydrogens (tertiary/aromatic N) is 2. The number of ether oxygens (including phenoxy) is 1. The Hall–Kier alpha value is -1.66. The van der Waals surface area contributed by atoms with Gasteiger partial charge in [0, 0.05) is 39.2 Å². The second-order valence-corrected chi connectivity index (χ2v) is 6.13. The standard InChI is InChI=1S/C16H22ClN3O3.ClH/c1-10(21)19(2)11-4-6-20(7-5-11)16(22)12-8-13(17)14(18)9-15(12)23-3;/h8-9,11H,4-7,18H2,1-3H3;1H. The lowest BCUT2D eigenvalue weighted by Crippen LogP contribution is -2.46. The molecule has 134 valence electrons. The number of piperidine rings is 1. The SMILES string of the molecule is COc1cc(N)c(Cl)cc1C(=O)N1CCC(N(C)C(C)=O)CC1.Cl. The van der Waals surface area contributed by atoms with Crippen LogP contribution < -0.4 is 10.5 Å². The van der Waals surface area contributed by atoms with Crippen molar-refractivity contribution >= 4 is 41.5 Å². The quantitative estimate of drug-likeness (QED) is 0.823. The number of hydrogen-bond acceptors (Lipinski definition) is 4. The van der Waals surface area contributed by atoms with E-state index in [-0.39, 0.29) is 30.3 Å². The van der Waals surface area contributed by atoms with Crippen LogP contribution in [0.25, 0.3) is 0 Å². The largest absolute Gasteiger partial charge is 0.496 e. The molecule has 0 spiro atoms. The molecule has 1 aromatic rings. The van der Waals surface area contributed by atoms with Gasteiger partial charge in [-0.2, -0.15) is 0 Å². The third-order valence-corrected chi connectivity index (χ3v) is 4.67. The van der Waals surface area contributed by atoms with E-state index < -0.39 is 0 Å². The molecule has 24 heavy (non-hydrogen) atoms. The van der Waals surface area contributed by atoms with Crippen molar-refractivity contribution in [3.63, 3.8) is 0 Å². The van der Waals surface area contributed by atoms with E-state index in [2.05, 4.69) is 0 Å². The molecule has 2 amide bonds. The highest BCUT2D eigenvalue weighted by Gasteiger charge is 2.28. The Morgan fingerprint density at radius 3 is 2.42 bits per heavy atom. The number of nitrogen functional groups attached to an aromatic ring is 1. The van der Waals surface area contributed by atoms with Gasteiger partial charge in [-0.3, -0.25) is 9.59 Å². The normalized spacial score (nSPS) is 14.8. The highest BCUT2D eigenvalue weighted by Crippen LogP contribution is 2.30. The van der Waals surface area contributed by atoms with Gasteiger partial charge in [-0.1, -0.05) is 11.6 Å². The van der Waals surface area contributed by atoms with Gasteiger partial charge in [0.15, 0.2) is 0 Å². The van der Waals surface area contributed by atoms with E-state index in [1.54, 1.807) is 35.9 Å². The molecule has 0 bridgehead atoms. The minimum Gasteiger partial charge on any atom is -0.496 e. The Balaban J connectivity index is 0.00000288. The summed E-state index contributed by atoms with van der Waals surface area (Å²) in [4.78, 5) is 27.7. The predicted molar refractivity (Wildman–Crippen MR) is 97.0 cm³/mol. The molecule has 1 fully saturated rings. The molecular formula is C16H23Cl2N3O3. The molecule has 1 aromatic carbocycles. The summed E-state index contributed by atoms with van der Waals surface area (Å²) in [5.41, 5.74) is 6.53. The molecule has 1 saturated heterocycles. The zero-order valence-electron chi connectivity index (χ0n) is 14.0. The topological polar surface area (TPSA) is 75.9 Å². The zero-order valence-corrected chi connectivity index (χ0v) is 15.6. The van der Waals surface area contributed by atoms with E-state index in [1.165, 1.54) is 7.11 Å². The molecule has 1 heterocycles. The van der Waals surface area contributed by atoms with Gasteiger partial charge in [0.25, 0.3) is 5.91 Å². The van der Waals surface area contributed by atoms with Crippen molar-refractivity contribution in [2.75, 3.05) is 33.0 Å². The lowest BCUT2D eigenvalue weighted by molar-refractivity contribution is -0.130. The smallest absolute Gasteiger partial charge is 0.257 e. The first kappa shape index (κ1) is 20.4. The molecule has 0 atom stereocenters. The number of anilines is 1. The molecule has 0 saturated carbocycles. The third kappa shape index (κ3) is 4.24. The average molecular weight is 376 g/mol. The number of halogens is 2. The number of likely N-dealkylation sites (tertiary alicyclic amines) is 1. The van der Waals surface area contributed by atoms with E-state index >= 15 is 0 Å². The van der Waals surface area contributed by atoms with Crippen molar-refractivity contribution in [1.29, 1.82) is 0 Å². The lowest BCUT2D eigenvalue weighted by atomic mass is 10.0. The number of methoxy groups -OCH3 is 1. The van der Waals surface area contributed by atoms with Crippen molar-refractivity contribution in [3.8, 4) is 5.75 Å². The third-order valence-electron chi connectivity index (χ3n) is 4.35. The van der Waals surface area contributed by atoms with Crippen LogP contribution in [-0.4, -0.2) is 54.9 Å². The van der Waals surface area contributed by atoms with E-state index in [9.17, 15) is 9.59 Å². The van der Waals surface area contributed by atoms with E-state index in [1.807, 2.05) is 0 Å². The van der Waals surface area contributed by atoms with Gasteiger partial charge in [0.1, 0.15) is 5.75 Å². The van der Waals surface area contributed by atoms with Crippen molar-refractivity contribution in [2.45, 2.75) is 25.8 Å². The number of carbonyl (C=O) groups is 2. The first-order valence-electron chi connectivity index (χ1n) is 7.50. The molecule has 6 nitrogen and oxygen atoms in total. The fourth-order valence-electron chi connectivity index (χ4n) is 2.79. The maximum Gasteiger partial charge on any atom is 0.257 e. The molecular weight excluding hydrogens is 353 g/mol. The molecule has 1 aliphatic heterocycles. The van der Waals surface area contributed by atoms with Crippen LogP contribution in [0, 0.1) is 0 Å². The highest BCUT2D eigenvalue weighted by molar-refractivity contribution is 6.33. The van der Waals surface area contributed by atoms with Gasteiger partial charge < -0.3 is 20.3 Å². The predicted octanol–water partition coefficient (Wildman–Crippen LogP) is 2.44. The van der Waals surface area contributed by atoms with Gasteiger partial charge in [-0.25, -0.2) is 0 Å². The van der Waals surface area contributed by atoms with Crippen LogP contribution in [-0.2, 0) is 4.79 Å². The summed E-state index contributed by atoms with van der Waals surface area (Å²) in [6.45, 7) is 2.73. The van der Waals surface area contributed by atoms with Crippen molar-refractivity contribution in [3.05, 3.63) is 22.7 Å². The molecule has 0 radical (unpaired) electrons. The Labute approximate surface area is 153 Å². The Bertz CT molecular complexity index is 617. The lowest BCUT2D eigenvalue weighted by Gasteiger charge is -2.36. The number of carbonyl (C=O) groups excluding carboxylic acids is 2. The van der Waals surface area contributed by atoms with Gasteiger partial charge in [-0.05, 0) is 18.9 Å². The molecule has 2 rings (SSSR count). The van der Waals surface area contributed by atoms with Crippen LogP contribution in [0.3, 0.4) is 0 Å².